The molecule has 0 bridgehead atoms. The molecule has 0 fully saturated rings. The minimum Gasteiger partial charge on any atom is -0.456 e. The Hall–Kier alpha value is -9.39. The van der Waals surface area contributed by atoms with Gasteiger partial charge in [-0.25, -0.2) is 15.0 Å². The van der Waals surface area contributed by atoms with Gasteiger partial charge in [0.05, 0.1) is 11.0 Å². The van der Waals surface area contributed by atoms with Gasteiger partial charge in [0.25, 0.3) is 0 Å². The van der Waals surface area contributed by atoms with Crippen LogP contribution >= 0.6 is 0 Å². The monoisotopic (exact) mass is 882 g/mol. The van der Waals surface area contributed by atoms with Gasteiger partial charge in [0, 0.05) is 60.8 Å². The molecule has 69 heavy (non-hydrogen) atoms. The van der Waals surface area contributed by atoms with E-state index in [2.05, 4.69) is 180 Å². The summed E-state index contributed by atoms with van der Waals surface area (Å²) in [5, 5.41) is 6.44. The molecule has 0 saturated carbocycles. The fourth-order valence-corrected chi connectivity index (χ4v) is 10.2. The van der Waals surface area contributed by atoms with Gasteiger partial charge in [0.1, 0.15) is 22.3 Å². The maximum absolute atomic E-state index is 6.87. The lowest BCUT2D eigenvalue weighted by atomic mass is 9.94. The normalized spacial score (nSPS) is 11.8. The van der Waals surface area contributed by atoms with Crippen LogP contribution in [0, 0.1) is 0 Å². The van der Waals surface area contributed by atoms with E-state index in [0.29, 0.717) is 17.5 Å². The predicted molar refractivity (Wildman–Crippen MR) is 281 cm³/mol. The summed E-state index contributed by atoms with van der Waals surface area (Å²) >= 11 is 0. The van der Waals surface area contributed by atoms with Gasteiger partial charge in [-0.1, -0.05) is 164 Å². The molecule has 0 atom stereocenters. The first-order valence-corrected chi connectivity index (χ1v) is 23.2. The van der Waals surface area contributed by atoms with Gasteiger partial charge in [-0.15, -0.1) is 0 Å². The van der Waals surface area contributed by atoms with Crippen molar-refractivity contribution >= 4 is 65.7 Å². The van der Waals surface area contributed by atoms with Crippen LogP contribution in [-0.4, -0.2) is 19.5 Å². The molecule has 0 spiro atoms. The average molecular weight is 883 g/mol. The van der Waals surface area contributed by atoms with E-state index >= 15 is 0 Å². The molecular weight excluding hydrogens is 845 g/mol. The number of hydrogen-bond acceptors (Lipinski definition) is 5. The van der Waals surface area contributed by atoms with Crippen LogP contribution in [0.2, 0.25) is 0 Å². The zero-order valence-corrected chi connectivity index (χ0v) is 37.0. The van der Waals surface area contributed by atoms with Gasteiger partial charge in [-0.3, -0.25) is 0 Å². The van der Waals surface area contributed by atoms with Gasteiger partial charge >= 0.3 is 0 Å². The van der Waals surface area contributed by atoms with Crippen LogP contribution in [0.3, 0.4) is 0 Å². The SMILES string of the molecule is c1ccc(-c2ccc(-c3nc(-c4ccccc4)nc(-c4c(-c5ccc6c(c5)oc5cc(-n7c8ccccc8c8cc(-c9ccccc9)ccc87)ccc56)ccc5oc6ccccc6c45)n3)cc2)cc1. The molecule has 10 aromatic carbocycles. The van der Waals surface area contributed by atoms with E-state index in [1.807, 2.05) is 54.6 Å². The molecule has 6 nitrogen and oxygen atoms in total. The fraction of sp³-hybridized carbons (Fsp3) is 0. The van der Waals surface area contributed by atoms with Crippen molar-refractivity contribution in [2.75, 3.05) is 0 Å². The predicted octanol–water partition coefficient (Wildman–Crippen LogP) is 16.8. The molecule has 14 aromatic rings. The van der Waals surface area contributed by atoms with E-state index in [1.165, 1.54) is 21.9 Å². The highest BCUT2D eigenvalue weighted by Crippen LogP contribution is 2.44. The first-order valence-electron chi connectivity index (χ1n) is 23.2. The molecule has 14 rings (SSSR count). The first kappa shape index (κ1) is 38.8. The third-order valence-corrected chi connectivity index (χ3v) is 13.5. The van der Waals surface area contributed by atoms with Crippen molar-refractivity contribution in [3.63, 3.8) is 0 Å². The lowest BCUT2D eigenvalue weighted by Crippen LogP contribution is -2.01. The number of benzene rings is 10. The Balaban J connectivity index is 0.935. The molecule has 0 aliphatic rings. The lowest BCUT2D eigenvalue weighted by Gasteiger charge is -2.14. The minimum atomic E-state index is 0.551. The summed E-state index contributed by atoms with van der Waals surface area (Å²) in [4.78, 5) is 15.7. The summed E-state index contributed by atoms with van der Waals surface area (Å²) in [6, 6.07) is 80.3. The van der Waals surface area contributed by atoms with Gasteiger partial charge in [0.15, 0.2) is 17.5 Å². The number of para-hydroxylation sites is 2. The molecule has 0 aliphatic carbocycles. The van der Waals surface area contributed by atoms with Gasteiger partial charge in [-0.2, -0.15) is 0 Å². The average Bonchev–Trinajstić information content (AvgIpc) is 4.10. The Morgan fingerprint density at radius 1 is 0.290 bits per heavy atom. The van der Waals surface area contributed by atoms with Crippen LogP contribution in [0.5, 0.6) is 0 Å². The second-order valence-electron chi connectivity index (χ2n) is 17.5. The summed E-state index contributed by atoms with van der Waals surface area (Å²) in [7, 11) is 0. The van der Waals surface area contributed by atoms with Gasteiger partial charge < -0.3 is 13.4 Å². The van der Waals surface area contributed by atoms with E-state index in [4.69, 9.17) is 23.8 Å². The summed E-state index contributed by atoms with van der Waals surface area (Å²) < 4.78 is 15.7. The Morgan fingerprint density at radius 3 is 1.57 bits per heavy atom. The quantitative estimate of drug-likeness (QED) is 0.159. The molecule has 4 heterocycles. The Kier molecular flexibility index (Phi) is 8.79. The van der Waals surface area contributed by atoms with E-state index < -0.39 is 0 Å². The van der Waals surface area contributed by atoms with Crippen molar-refractivity contribution in [2.45, 2.75) is 0 Å². The summed E-state index contributed by atoms with van der Waals surface area (Å²) in [5.74, 6) is 1.72. The second-order valence-corrected chi connectivity index (χ2v) is 17.5. The third-order valence-electron chi connectivity index (χ3n) is 13.5. The number of nitrogens with zero attached hydrogens (tertiary/aromatic N) is 4. The maximum atomic E-state index is 6.87. The largest absolute Gasteiger partial charge is 0.456 e. The molecule has 4 aromatic heterocycles. The summed E-state index contributed by atoms with van der Waals surface area (Å²) in [6.07, 6.45) is 0. The van der Waals surface area contributed by atoms with Crippen molar-refractivity contribution in [1.82, 2.24) is 19.5 Å². The first-order chi connectivity index (χ1) is 34.2. The van der Waals surface area contributed by atoms with E-state index in [1.54, 1.807) is 0 Å². The van der Waals surface area contributed by atoms with Crippen LogP contribution < -0.4 is 0 Å². The molecule has 0 aliphatic heterocycles. The zero-order chi connectivity index (χ0) is 45.4. The van der Waals surface area contributed by atoms with Crippen LogP contribution in [0.1, 0.15) is 0 Å². The smallest absolute Gasteiger partial charge is 0.165 e. The van der Waals surface area contributed by atoms with E-state index in [0.717, 1.165) is 99.5 Å². The topological polar surface area (TPSA) is 69.9 Å². The Morgan fingerprint density at radius 2 is 0.812 bits per heavy atom. The van der Waals surface area contributed by atoms with Crippen molar-refractivity contribution < 1.29 is 8.83 Å². The number of aromatic nitrogens is 4. The van der Waals surface area contributed by atoms with E-state index in [9.17, 15) is 0 Å². The van der Waals surface area contributed by atoms with Crippen LogP contribution in [0.4, 0.5) is 0 Å². The lowest BCUT2D eigenvalue weighted by molar-refractivity contribution is 0.669. The highest BCUT2D eigenvalue weighted by molar-refractivity contribution is 6.16. The summed E-state index contributed by atoms with van der Waals surface area (Å²) in [6.45, 7) is 0. The molecule has 0 saturated heterocycles. The fourth-order valence-electron chi connectivity index (χ4n) is 10.2. The minimum absolute atomic E-state index is 0.551. The summed E-state index contributed by atoms with van der Waals surface area (Å²) in [5.41, 5.74) is 15.7. The molecule has 0 amide bonds. The number of furan rings is 2. The van der Waals surface area contributed by atoms with Crippen LogP contribution in [0.25, 0.3) is 139 Å². The highest BCUT2D eigenvalue weighted by Gasteiger charge is 2.23. The highest BCUT2D eigenvalue weighted by atomic mass is 16.3. The van der Waals surface area contributed by atoms with Crippen molar-refractivity contribution in [3.8, 4) is 73.2 Å². The van der Waals surface area contributed by atoms with Crippen molar-refractivity contribution in [1.29, 1.82) is 0 Å². The Bertz CT molecular complexity index is 4290. The molecular formula is C63H38N4O2. The molecule has 0 N–H and O–H groups in total. The Labute approximate surface area is 396 Å². The molecule has 0 radical (unpaired) electrons. The van der Waals surface area contributed by atoms with Gasteiger partial charge in [0.2, 0.25) is 0 Å². The molecule has 6 heteroatoms. The number of hydrogen-bond donors (Lipinski definition) is 0. The van der Waals surface area contributed by atoms with Crippen molar-refractivity contribution in [3.05, 3.63) is 231 Å². The molecule has 322 valence electrons. The van der Waals surface area contributed by atoms with Crippen LogP contribution in [-0.2, 0) is 0 Å². The van der Waals surface area contributed by atoms with E-state index in [-0.39, 0.29) is 0 Å². The van der Waals surface area contributed by atoms with Crippen molar-refractivity contribution in [2.24, 2.45) is 0 Å². The third kappa shape index (κ3) is 6.45. The number of rotatable bonds is 7. The van der Waals surface area contributed by atoms with Crippen LogP contribution in [0.15, 0.2) is 239 Å². The number of fused-ring (bicyclic) bond motifs is 9. The van der Waals surface area contributed by atoms with Gasteiger partial charge in [-0.05, 0) is 94.0 Å². The molecule has 0 unspecified atom stereocenters. The maximum Gasteiger partial charge on any atom is 0.165 e. The zero-order valence-electron chi connectivity index (χ0n) is 37.0. The standard InChI is InChI=1S/C63H38N4O2/c1-4-14-39(15-5-1)41-24-26-43(27-25-41)62-64-61(42-18-8-3-9-19-42)65-63(66-62)60-47(33-35-56-59(60)51-21-11-13-23-55(51)68-56)45-28-31-49-50-32-30-46(38-58(50)69-57(49)37-45)67-53-22-12-10-20-48(53)52-36-44(29-34-54(52)67)40-16-6-2-7-17-40/h1-38H. The second kappa shape index (κ2) is 15.6.